The molecule has 1 aliphatic rings. The van der Waals surface area contributed by atoms with Crippen LogP contribution >= 0.6 is 0 Å². The van der Waals surface area contributed by atoms with Crippen LogP contribution in [0.1, 0.15) is 5.56 Å². The van der Waals surface area contributed by atoms with Crippen LogP contribution in [0.2, 0.25) is 0 Å². The van der Waals surface area contributed by atoms with Crippen molar-refractivity contribution >= 4 is 0 Å². The molecule has 20 heavy (non-hydrogen) atoms. The second kappa shape index (κ2) is 7.02. The zero-order valence-corrected chi connectivity index (χ0v) is 12.4. The van der Waals surface area contributed by atoms with Crippen LogP contribution < -0.4 is 10.1 Å². The second-order valence-electron chi connectivity index (χ2n) is 5.24. The molecule has 1 aliphatic heterocycles. The summed E-state index contributed by atoms with van der Waals surface area (Å²) in [7, 11) is 5.48. The fourth-order valence-electron chi connectivity index (χ4n) is 2.56. The minimum Gasteiger partial charge on any atom is -0.494 e. The molecule has 0 spiro atoms. The molecule has 0 bridgehead atoms. The summed E-state index contributed by atoms with van der Waals surface area (Å²) in [5, 5.41) is 3.28. The van der Waals surface area contributed by atoms with Gasteiger partial charge in [0.25, 0.3) is 0 Å². The lowest BCUT2D eigenvalue weighted by molar-refractivity contribution is -0.0372. The van der Waals surface area contributed by atoms with Gasteiger partial charge in [0.1, 0.15) is 0 Å². The van der Waals surface area contributed by atoms with E-state index in [0.717, 1.165) is 31.7 Å². The summed E-state index contributed by atoms with van der Waals surface area (Å²) >= 11 is 0. The first-order valence-electron chi connectivity index (χ1n) is 6.94. The average molecular weight is 282 g/mol. The van der Waals surface area contributed by atoms with Gasteiger partial charge in [-0.1, -0.05) is 6.07 Å². The molecule has 0 saturated carbocycles. The van der Waals surface area contributed by atoms with Crippen molar-refractivity contribution in [2.75, 3.05) is 40.9 Å². The number of nitrogens with zero attached hydrogens (tertiary/aromatic N) is 1. The third-order valence-corrected chi connectivity index (χ3v) is 3.79. The van der Waals surface area contributed by atoms with Gasteiger partial charge in [-0.05, 0) is 38.2 Å². The third kappa shape index (κ3) is 3.69. The third-order valence-electron chi connectivity index (χ3n) is 3.79. The summed E-state index contributed by atoms with van der Waals surface area (Å²) in [6.45, 7) is 2.60. The highest BCUT2D eigenvalue weighted by molar-refractivity contribution is 5.29. The lowest BCUT2D eigenvalue weighted by Gasteiger charge is -2.35. The van der Waals surface area contributed by atoms with Crippen LogP contribution in [0.5, 0.6) is 5.75 Å². The predicted molar refractivity (Wildman–Crippen MR) is 76.7 cm³/mol. The summed E-state index contributed by atoms with van der Waals surface area (Å²) in [5.74, 6) is -0.0371. The van der Waals surface area contributed by atoms with Gasteiger partial charge < -0.3 is 19.7 Å². The molecule has 1 N–H and O–H groups in total. The van der Waals surface area contributed by atoms with Crippen LogP contribution in [0.3, 0.4) is 0 Å². The Morgan fingerprint density at radius 1 is 1.55 bits per heavy atom. The highest BCUT2D eigenvalue weighted by atomic mass is 19.1. The number of likely N-dealkylation sites (N-methyl/N-ethyl adjacent to an activating group) is 2. The molecule has 1 aromatic rings. The van der Waals surface area contributed by atoms with Gasteiger partial charge >= 0.3 is 0 Å². The van der Waals surface area contributed by atoms with Crippen LogP contribution in [0.25, 0.3) is 0 Å². The summed E-state index contributed by atoms with van der Waals surface area (Å²) in [5.41, 5.74) is 0.944. The number of hydrogen-bond acceptors (Lipinski definition) is 4. The average Bonchev–Trinajstić information content (AvgIpc) is 2.45. The molecule has 4 nitrogen and oxygen atoms in total. The maximum absolute atomic E-state index is 13.7. The number of nitrogens with one attached hydrogen (secondary N) is 1. The Hall–Kier alpha value is -1.17. The minimum absolute atomic E-state index is 0.129. The first-order chi connectivity index (χ1) is 9.63. The van der Waals surface area contributed by atoms with E-state index in [0.29, 0.717) is 0 Å². The van der Waals surface area contributed by atoms with Crippen LogP contribution in [0.15, 0.2) is 18.2 Å². The summed E-state index contributed by atoms with van der Waals surface area (Å²) in [6, 6.07) is 5.28. The van der Waals surface area contributed by atoms with Crippen LogP contribution in [-0.4, -0.2) is 57.9 Å². The van der Waals surface area contributed by atoms with Crippen molar-refractivity contribution in [3.8, 4) is 5.75 Å². The van der Waals surface area contributed by atoms with E-state index in [1.54, 1.807) is 6.07 Å². The summed E-state index contributed by atoms with van der Waals surface area (Å²) < 4.78 is 24.5. The van der Waals surface area contributed by atoms with E-state index in [9.17, 15) is 4.39 Å². The summed E-state index contributed by atoms with van der Waals surface area (Å²) in [6.07, 6.45) is 0.861. The molecule has 1 fully saturated rings. The molecule has 0 aromatic heterocycles. The number of rotatable bonds is 5. The standard InChI is InChI=1S/C15H23FN2O2/c1-17-13(15-10-18(2)6-7-20-15)9-11-4-5-14(19-3)12(16)8-11/h4-5,8,13,15,17H,6-7,9-10H2,1-3H3. The first-order valence-corrected chi connectivity index (χ1v) is 6.94. The molecular weight excluding hydrogens is 259 g/mol. The normalized spacial score (nSPS) is 21.7. The Morgan fingerprint density at radius 2 is 2.35 bits per heavy atom. The highest BCUT2D eigenvalue weighted by Crippen LogP contribution is 2.20. The van der Waals surface area contributed by atoms with Crippen molar-refractivity contribution in [2.45, 2.75) is 18.6 Å². The SMILES string of the molecule is CNC(Cc1ccc(OC)c(F)c1)C1CN(C)CCO1. The van der Waals surface area contributed by atoms with Crippen molar-refractivity contribution in [1.82, 2.24) is 10.2 Å². The summed E-state index contributed by atoms with van der Waals surface area (Å²) in [4.78, 5) is 2.26. The number of morpholine rings is 1. The largest absolute Gasteiger partial charge is 0.494 e. The van der Waals surface area contributed by atoms with Gasteiger partial charge in [-0.3, -0.25) is 0 Å². The smallest absolute Gasteiger partial charge is 0.165 e. The van der Waals surface area contributed by atoms with Gasteiger partial charge in [0.15, 0.2) is 11.6 Å². The molecule has 2 atom stereocenters. The molecule has 1 heterocycles. The van der Waals surface area contributed by atoms with Crippen LogP contribution in [0, 0.1) is 5.82 Å². The number of halogens is 1. The van der Waals surface area contributed by atoms with E-state index in [4.69, 9.17) is 9.47 Å². The fraction of sp³-hybridized carbons (Fsp3) is 0.600. The highest BCUT2D eigenvalue weighted by Gasteiger charge is 2.26. The van der Waals surface area contributed by atoms with E-state index < -0.39 is 0 Å². The maximum atomic E-state index is 13.7. The molecule has 2 rings (SSSR count). The number of hydrogen-bond donors (Lipinski definition) is 1. The van der Waals surface area contributed by atoms with Crippen molar-refractivity contribution in [2.24, 2.45) is 0 Å². The molecule has 0 amide bonds. The molecular formula is C15H23FN2O2. The molecule has 0 aliphatic carbocycles. The van der Waals surface area contributed by atoms with E-state index in [1.807, 2.05) is 13.1 Å². The lowest BCUT2D eigenvalue weighted by atomic mass is 10.00. The van der Waals surface area contributed by atoms with E-state index >= 15 is 0 Å². The lowest BCUT2D eigenvalue weighted by Crippen LogP contribution is -2.51. The van der Waals surface area contributed by atoms with Gasteiger partial charge in [-0.25, -0.2) is 4.39 Å². The molecule has 5 heteroatoms. The molecule has 1 saturated heterocycles. The van der Waals surface area contributed by atoms with Gasteiger partial charge in [0, 0.05) is 19.1 Å². The Labute approximate surface area is 119 Å². The quantitative estimate of drug-likeness (QED) is 0.882. The van der Waals surface area contributed by atoms with Gasteiger partial charge in [-0.15, -0.1) is 0 Å². The number of ether oxygens (including phenoxy) is 2. The maximum Gasteiger partial charge on any atom is 0.165 e. The molecule has 0 radical (unpaired) electrons. The van der Waals surface area contributed by atoms with Crippen molar-refractivity contribution in [3.05, 3.63) is 29.6 Å². The van der Waals surface area contributed by atoms with Crippen molar-refractivity contribution in [3.63, 3.8) is 0 Å². The Balaban J connectivity index is 2.04. The Morgan fingerprint density at radius 3 is 2.95 bits per heavy atom. The fourth-order valence-corrected chi connectivity index (χ4v) is 2.56. The first kappa shape index (κ1) is 15.2. The van der Waals surface area contributed by atoms with Gasteiger partial charge in [0.05, 0.1) is 19.8 Å². The molecule has 1 aromatic carbocycles. The zero-order valence-electron chi connectivity index (χ0n) is 12.4. The van der Waals surface area contributed by atoms with Crippen molar-refractivity contribution < 1.29 is 13.9 Å². The van der Waals surface area contributed by atoms with Gasteiger partial charge in [-0.2, -0.15) is 0 Å². The zero-order chi connectivity index (χ0) is 14.5. The molecule has 2 unspecified atom stereocenters. The van der Waals surface area contributed by atoms with Crippen LogP contribution in [-0.2, 0) is 11.2 Å². The van der Waals surface area contributed by atoms with E-state index in [1.165, 1.54) is 13.2 Å². The topological polar surface area (TPSA) is 33.7 Å². The van der Waals surface area contributed by atoms with Crippen molar-refractivity contribution in [1.29, 1.82) is 0 Å². The Bertz CT molecular complexity index is 442. The number of benzene rings is 1. The van der Waals surface area contributed by atoms with E-state index in [-0.39, 0.29) is 23.7 Å². The Kier molecular flexibility index (Phi) is 5.34. The predicted octanol–water partition coefficient (Wildman–Crippen LogP) is 1.30. The second-order valence-corrected chi connectivity index (χ2v) is 5.24. The monoisotopic (exact) mass is 282 g/mol. The number of methoxy groups -OCH3 is 1. The van der Waals surface area contributed by atoms with Gasteiger partial charge in [0.2, 0.25) is 0 Å². The van der Waals surface area contributed by atoms with Crippen LogP contribution in [0.4, 0.5) is 4.39 Å². The minimum atomic E-state index is -0.318. The van der Waals surface area contributed by atoms with E-state index in [2.05, 4.69) is 17.3 Å². The molecule has 112 valence electrons.